The predicted molar refractivity (Wildman–Crippen MR) is 80.3 cm³/mol. The van der Waals surface area contributed by atoms with E-state index in [1.807, 2.05) is 6.92 Å². The first-order valence-corrected chi connectivity index (χ1v) is 7.24. The number of hydrogen-bond donors (Lipinski definition) is 2. The molecule has 0 radical (unpaired) electrons. The van der Waals surface area contributed by atoms with Crippen LogP contribution >= 0.6 is 0 Å². The van der Waals surface area contributed by atoms with Crippen LogP contribution in [0.4, 0.5) is 0 Å². The number of benzene rings is 1. The number of hydrogen-bond acceptors (Lipinski definition) is 4. The Morgan fingerprint density at radius 1 is 1.30 bits per heavy atom. The SMILES string of the molecule is CCC(=O)c1ccc(OC[C@H](O)CN[C@@H](C)CC)cc1. The molecule has 0 saturated carbocycles. The molecule has 0 fully saturated rings. The van der Waals surface area contributed by atoms with E-state index in [2.05, 4.69) is 19.2 Å². The highest BCUT2D eigenvalue weighted by molar-refractivity contribution is 5.95. The summed E-state index contributed by atoms with van der Waals surface area (Å²) in [5.74, 6) is 0.787. The molecule has 20 heavy (non-hydrogen) atoms. The van der Waals surface area contributed by atoms with Crippen molar-refractivity contribution < 1.29 is 14.6 Å². The van der Waals surface area contributed by atoms with Crippen LogP contribution in [0.15, 0.2) is 24.3 Å². The second-order valence-corrected chi connectivity index (χ2v) is 4.98. The molecular weight excluding hydrogens is 254 g/mol. The predicted octanol–water partition coefficient (Wildman–Crippen LogP) is 2.41. The lowest BCUT2D eigenvalue weighted by molar-refractivity contribution is 0.0986. The minimum atomic E-state index is -0.541. The highest BCUT2D eigenvalue weighted by Crippen LogP contribution is 2.13. The summed E-state index contributed by atoms with van der Waals surface area (Å²) in [4.78, 5) is 11.5. The van der Waals surface area contributed by atoms with Gasteiger partial charge in [-0.3, -0.25) is 4.79 Å². The van der Waals surface area contributed by atoms with Gasteiger partial charge in [0.2, 0.25) is 0 Å². The zero-order valence-electron chi connectivity index (χ0n) is 12.6. The van der Waals surface area contributed by atoms with E-state index in [0.717, 1.165) is 6.42 Å². The molecule has 1 aromatic carbocycles. The molecule has 112 valence electrons. The maximum Gasteiger partial charge on any atom is 0.162 e. The van der Waals surface area contributed by atoms with Crippen molar-refractivity contribution in [3.05, 3.63) is 29.8 Å². The number of nitrogens with one attached hydrogen (secondary N) is 1. The van der Waals surface area contributed by atoms with E-state index in [1.165, 1.54) is 0 Å². The van der Waals surface area contributed by atoms with E-state index in [9.17, 15) is 9.90 Å². The molecule has 1 rings (SSSR count). The lowest BCUT2D eigenvalue weighted by atomic mass is 10.1. The molecule has 0 aliphatic heterocycles. The Morgan fingerprint density at radius 3 is 2.50 bits per heavy atom. The summed E-state index contributed by atoms with van der Waals surface area (Å²) in [6.45, 7) is 6.77. The summed E-state index contributed by atoms with van der Waals surface area (Å²) in [5, 5.41) is 13.0. The number of aliphatic hydroxyl groups excluding tert-OH is 1. The van der Waals surface area contributed by atoms with Gasteiger partial charge >= 0.3 is 0 Å². The van der Waals surface area contributed by atoms with Gasteiger partial charge in [0.15, 0.2) is 5.78 Å². The number of ether oxygens (including phenoxy) is 1. The van der Waals surface area contributed by atoms with E-state index in [1.54, 1.807) is 24.3 Å². The standard InChI is InChI=1S/C16H25NO3/c1-4-12(3)17-10-14(18)11-20-15-8-6-13(7-9-15)16(19)5-2/h6-9,12,14,17-18H,4-5,10-11H2,1-3H3/t12-,14+/m0/s1. The van der Waals surface area contributed by atoms with Crippen molar-refractivity contribution >= 4 is 5.78 Å². The van der Waals surface area contributed by atoms with Crippen LogP contribution in [0.2, 0.25) is 0 Å². The van der Waals surface area contributed by atoms with Crippen LogP contribution in [0.1, 0.15) is 44.0 Å². The first kappa shape index (κ1) is 16.7. The third kappa shape index (κ3) is 5.72. The molecule has 0 spiro atoms. The molecule has 0 heterocycles. The minimum Gasteiger partial charge on any atom is -0.491 e. The van der Waals surface area contributed by atoms with Crippen molar-refractivity contribution in [1.29, 1.82) is 0 Å². The maximum absolute atomic E-state index is 11.5. The van der Waals surface area contributed by atoms with Crippen LogP contribution in [0.3, 0.4) is 0 Å². The third-order valence-electron chi connectivity index (χ3n) is 3.25. The number of rotatable bonds is 9. The van der Waals surface area contributed by atoms with Crippen molar-refractivity contribution in [1.82, 2.24) is 5.32 Å². The van der Waals surface area contributed by atoms with Gasteiger partial charge in [-0.25, -0.2) is 0 Å². The lowest BCUT2D eigenvalue weighted by Crippen LogP contribution is -2.36. The quantitative estimate of drug-likeness (QED) is 0.682. The smallest absolute Gasteiger partial charge is 0.162 e. The summed E-state index contributed by atoms with van der Waals surface area (Å²) in [5.41, 5.74) is 0.693. The van der Waals surface area contributed by atoms with Crippen LogP contribution in [0.25, 0.3) is 0 Å². The summed E-state index contributed by atoms with van der Waals surface area (Å²) < 4.78 is 5.50. The van der Waals surface area contributed by atoms with Crippen molar-refractivity contribution in [2.45, 2.75) is 45.8 Å². The summed E-state index contributed by atoms with van der Waals surface area (Å²) in [6.07, 6.45) is 0.988. The van der Waals surface area contributed by atoms with Gasteiger partial charge in [0.05, 0.1) is 0 Å². The fraction of sp³-hybridized carbons (Fsp3) is 0.562. The number of aliphatic hydroxyl groups is 1. The second-order valence-electron chi connectivity index (χ2n) is 4.98. The van der Waals surface area contributed by atoms with Gasteiger partial charge in [-0.15, -0.1) is 0 Å². The molecule has 0 aromatic heterocycles. The number of ketones is 1. The van der Waals surface area contributed by atoms with Crippen molar-refractivity contribution in [2.75, 3.05) is 13.2 Å². The van der Waals surface area contributed by atoms with Gasteiger partial charge in [0, 0.05) is 24.6 Å². The Morgan fingerprint density at radius 2 is 1.95 bits per heavy atom. The minimum absolute atomic E-state index is 0.120. The van der Waals surface area contributed by atoms with Crippen LogP contribution in [0, 0.1) is 0 Å². The molecule has 4 heteroatoms. The van der Waals surface area contributed by atoms with Crippen LogP contribution in [0.5, 0.6) is 5.75 Å². The largest absolute Gasteiger partial charge is 0.491 e. The number of carbonyl (C=O) groups excluding carboxylic acids is 1. The van der Waals surface area contributed by atoms with E-state index in [0.29, 0.717) is 30.3 Å². The Labute approximate surface area is 121 Å². The maximum atomic E-state index is 11.5. The molecule has 0 saturated heterocycles. The van der Waals surface area contributed by atoms with Gasteiger partial charge in [-0.1, -0.05) is 13.8 Å². The van der Waals surface area contributed by atoms with Crippen LogP contribution in [-0.2, 0) is 0 Å². The molecule has 2 atom stereocenters. The van der Waals surface area contributed by atoms with Crippen molar-refractivity contribution in [3.8, 4) is 5.75 Å². The molecule has 0 aliphatic rings. The molecule has 0 unspecified atom stereocenters. The molecular formula is C16H25NO3. The van der Waals surface area contributed by atoms with Crippen molar-refractivity contribution in [2.24, 2.45) is 0 Å². The highest BCUT2D eigenvalue weighted by Gasteiger charge is 2.08. The third-order valence-corrected chi connectivity index (χ3v) is 3.25. The summed E-state index contributed by atoms with van der Waals surface area (Å²) in [6, 6.07) is 7.43. The number of carbonyl (C=O) groups is 1. The van der Waals surface area contributed by atoms with Gasteiger partial charge < -0.3 is 15.2 Å². The number of Topliss-reactive ketones (excluding diaryl/α,β-unsaturated/α-hetero) is 1. The van der Waals surface area contributed by atoms with Gasteiger partial charge in [-0.05, 0) is 37.6 Å². The second kappa shape index (κ2) is 8.72. The highest BCUT2D eigenvalue weighted by atomic mass is 16.5. The average molecular weight is 279 g/mol. The van der Waals surface area contributed by atoms with E-state index in [-0.39, 0.29) is 12.4 Å². The van der Waals surface area contributed by atoms with E-state index in [4.69, 9.17) is 4.74 Å². The first-order chi connectivity index (χ1) is 9.56. The van der Waals surface area contributed by atoms with E-state index >= 15 is 0 Å². The Kier molecular flexibility index (Phi) is 7.26. The molecule has 2 N–H and O–H groups in total. The monoisotopic (exact) mass is 279 g/mol. The van der Waals surface area contributed by atoms with Gasteiger partial charge in [0.25, 0.3) is 0 Å². The van der Waals surface area contributed by atoms with Crippen molar-refractivity contribution in [3.63, 3.8) is 0 Å². The van der Waals surface area contributed by atoms with E-state index < -0.39 is 6.10 Å². The normalized spacial score (nSPS) is 13.8. The zero-order chi connectivity index (χ0) is 15.0. The molecule has 0 aliphatic carbocycles. The average Bonchev–Trinajstić information content (AvgIpc) is 2.50. The van der Waals surface area contributed by atoms with Crippen LogP contribution in [-0.4, -0.2) is 36.2 Å². The molecule has 4 nitrogen and oxygen atoms in total. The first-order valence-electron chi connectivity index (χ1n) is 7.24. The topological polar surface area (TPSA) is 58.6 Å². The fourth-order valence-electron chi connectivity index (χ4n) is 1.67. The molecule has 0 bridgehead atoms. The zero-order valence-corrected chi connectivity index (χ0v) is 12.6. The summed E-state index contributed by atoms with van der Waals surface area (Å²) in [7, 11) is 0. The molecule has 0 amide bonds. The Hall–Kier alpha value is -1.39. The van der Waals surface area contributed by atoms with Gasteiger partial charge in [0.1, 0.15) is 18.5 Å². The van der Waals surface area contributed by atoms with Gasteiger partial charge in [-0.2, -0.15) is 0 Å². The molecule has 1 aromatic rings. The summed E-state index contributed by atoms with van der Waals surface area (Å²) >= 11 is 0. The fourth-order valence-corrected chi connectivity index (χ4v) is 1.67. The Balaban J connectivity index is 2.36. The van der Waals surface area contributed by atoms with Crippen LogP contribution < -0.4 is 10.1 Å². The lowest BCUT2D eigenvalue weighted by Gasteiger charge is -2.16. The Bertz CT molecular complexity index is 403.